The smallest absolute Gasteiger partial charge is 0.261 e. The molecule has 30 heavy (non-hydrogen) atoms. The number of aryl methyl sites for hydroxylation is 3. The van der Waals surface area contributed by atoms with Crippen molar-refractivity contribution in [3.05, 3.63) is 82.4 Å². The molecule has 0 unspecified atom stereocenters. The molecule has 0 aliphatic rings. The molecular formula is C21H21ClN2O4S2. The Morgan fingerprint density at radius 2 is 1.20 bits per heavy atom. The molecule has 0 saturated heterocycles. The van der Waals surface area contributed by atoms with Crippen LogP contribution in [-0.2, 0) is 20.0 Å². The van der Waals surface area contributed by atoms with Gasteiger partial charge in [-0.15, -0.1) is 0 Å². The zero-order valence-corrected chi connectivity index (χ0v) is 19.0. The zero-order valence-electron chi connectivity index (χ0n) is 16.6. The number of anilines is 2. The van der Waals surface area contributed by atoms with Gasteiger partial charge in [-0.3, -0.25) is 9.44 Å². The Kier molecular flexibility index (Phi) is 6.12. The van der Waals surface area contributed by atoms with Gasteiger partial charge in [0, 0.05) is 5.02 Å². The van der Waals surface area contributed by atoms with Crippen molar-refractivity contribution in [2.45, 2.75) is 30.6 Å². The first kappa shape index (κ1) is 22.1. The molecule has 3 aromatic rings. The Morgan fingerprint density at radius 1 is 0.633 bits per heavy atom. The number of halogens is 1. The highest BCUT2D eigenvalue weighted by molar-refractivity contribution is 7.93. The fourth-order valence-corrected chi connectivity index (χ4v) is 5.23. The molecule has 0 bridgehead atoms. The number of hydrogen-bond acceptors (Lipinski definition) is 4. The molecule has 0 aliphatic carbocycles. The van der Waals surface area contributed by atoms with Crippen LogP contribution in [0, 0.1) is 20.8 Å². The first-order valence-electron chi connectivity index (χ1n) is 8.97. The molecule has 6 nitrogen and oxygen atoms in total. The quantitative estimate of drug-likeness (QED) is 0.544. The maximum atomic E-state index is 12.9. The lowest BCUT2D eigenvalue weighted by Gasteiger charge is -2.14. The first-order valence-corrected chi connectivity index (χ1v) is 12.3. The third-order valence-corrected chi connectivity index (χ3v) is 7.51. The minimum atomic E-state index is -3.92. The van der Waals surface area contributed by atoms with Crippen LogP contribution in [0.15, 0.2) is 70.5 Å². The van der Waals surface area contributed by atoms with Gasteiger partial charge in [0.05, 0.1) is 21.2 Å². The van der Waals surface area contributed by atoms with Crippen molar-refractivity contribution >= 4 is 43.0 Å². The third-order valence-electron chi connectivity index (χ3n) is 4.51. The summed E-state index contributed by atoms with van der Waals surface area (Å²) in [6, 6.07) is 15.4. The number of sulfonamides is 2. The van der Waals surface area contributed by atoms with Crippen LogP contribution in [0.1, 0.15) is 16.7 Å². The fourth-order valence-electron chi connectivity index (χ4n) is 2.83. The zero-order chi connectivity index (χ0) is 22.1. The van der Waals surface area contributed by atoms with Gasteiger partial charge in [0.2, 0.25) is 0 Å². The van der Waals surface area contributed by atoms with Crippen LogP contribution in [0.25, 0.3) is 0 Å². The standard InChI is InChI=1S/C21H21ClN2O4S2/c1-14-4-11-20(16(3)12-14)23-30(27,28)19-8-5-15(2)21(13-19)24-29(25,26)18-9-6-17(22)7-10-18/h4-13,23-24H,1-3H3. The summed E-state index contributed by atoms with van der Waals surface area (Å²) in [7, 11) is -7.83. The van der Waals surface area contributed by atoms with Crippen molar-refractivity contribution in [1.82, 2.24) is 0 Å². The molecule has 3 aromatic carbocycles. The van der Waals surface area contributed by atoms with Crippen LogP contribution in [0.5, 0.6) is 0 Å². The van der Waals surface area contributed by atoms with Crippen LogP contribution >= 0.6 is 11.6 Å². The summed E-state index contributed by atoms with van der Waals surface area (Å²) < 4.78 is 56.1. The molecule has 0 amide bonds. The van der Waals surface area contributed by atoms with E-state index in [0.717, 1.165) is 11.1 Å². The summed E-state index contributed by atoms with van der Waals surface area (Å²) in [6.07, 6.45) is 0. The Bertz CT molecular complexity index is 1300. The largest absolute Gasteiger partial charge is 0.279 e. The predicted molar refractivity (Wildman–Crippen MR) is 120 cm³/mol. The van der Waals surface area contributed by atoms with Crippen molar-refractivity contribution in [3.8, 4) is 0 Å². The predicted octanol–water partition coefficient (Wildman–Crippen LogP) is 4.87. The van der Waals surface area contributed by atoms with E-state index < -0.39 is 20.0 Å². The maximum Gasteiger partial charge on any atom is 0.261 e. The van der Waals surface area contributed by atoms with E-state index in [0.29, 0.717) is 16.3 Å². The van der Waals surface area contributed by atoms with Crippen molar-refractivity contribution in [2.24, 2.45) is 0 Å². The molecule has 0 radical (unpaired) electrons. The van der Waals surface area contributed by atoms with Crippen molar-refractivity contribution in [2.75, 3.05) is 9.44 Å². The lowest BCUT2D eigenvalue weighted by Crippen LogP contribution is -2.16. The summed E-state index contributed by atoms with van der Waals surface area (Å²) in [6.45, 7) is 5.42. The molecular weight excluding hydrogens is 444 g/mol. The Labute approximate surface area is 182 Å². The van der Waals surface area contributed by atoms with E-state index in [1.165, 1.54) is 36.4 Å². The SMILES string of the molecule is Cc1ccc(NS(=O)(=O)c2ccc(C)c(NS(=O)(=O)c3ccc(Cl)cc3)c2)c(C)c1. The molecule has 3 rings (SSSR count). The molecule has 9 heteroatoms. The van der Waals surface area contributed by atoms with Crippen LogP contribution < -0.4 is 9.44 Å². The summed E-state index contributed by atoms with van der Waals surface area (Å²) in [5, 5.41) is 0.413. The fraction of sp³-hybridized carbons (Fsp3) is 0.143. The van der Waals surface area contributed by atoms with Crippen LogP contribution in [0.4, 0.5) is 11.4 Å². The molecule has 0 aromatic heterocycles. The normalized spacial score (nSPS) is 11.9. The molecule has 0 fully saturated rings. The highest BCUT2D eigenvalue weighted by Crippen LogP contribution is 2.26. The van der Waals surface area contributed by atoms with Gasteiger partial charge < -0.3 is 0 Å². The van der Waals surface area contributed by atoms with E-state index in [4.69, 9.17) is 11.6 Å². The van der Waals surface area contributed by atoms with Gasteiger partial charge in [0.15, 0.2) is 0 Å². The maximum absolute atomic E-state index is 12.9. The van der Waals surface area contributed by atoms with Gasteiger partial charge in [-0.25, -0.2) is 16.8 Å². The van der Waals surface area contributed by atoms with E-state index in [1.54, 1.807) is 19.1 Å². The van der Waals surface area contributed by atoms with Crippen molar-refractivity contribution < 1.29 is 16.8 Å². The number of hydrogen-bond donors (Lipinski definition) is 2. The summed E-state index contributed by atoms with van der Waals surface area (Å²) in [5.41, 5.74) is 3.02. The topological polar surface area (TPSA) is 92.3 Å². The second kappa shape index (κ2) is 8.29. The summed E-state index contributed by atoms with van der Waals surface area (Å²) >= 11 is 5.82. The van der Waals surface area contributed by atoms with Crippen LogP contribution in [-0.4, -0.2) is 16.8 Å². The van der Waals surface area contributed by atoms with Crippen molar-refractivity contribution in [3.63, 3.8) is 0 Å². The highest BCUT2D eigenvalue weighted by atomic mass is 35.5. The molecule has 2 N–H and O–H groups in total. The molecule has 0 atom stereocenters. The number of benzene rings is 3. The highest BCUT2D eigenvalue weighted by Gasteiger charge is 2.20. The van der Waals surface area contributed by atoms with E-state index >= 15 is 0 Å². The lowest BCUT2D eigenvalue weighted by atomic mass is 10.1. The first-order chi connectivity index (χ1) is 14.0. The van der Waals surface area contributed by atoms with E-state index in [2.05, 4.69) is 9.44 Å². The molecule has 0 heterocycles. The lowest BCUT2D eigenvalue weighted by molar-refractivity contribution is 0.598. The average Bonchev–Trinajstić information content (AvgIpc) is 2.66. The van der Waals surface area contributed by atoms with Crippen LogP contribution in [0.2, 0.25) is 5.02 Å². The van der Waals surface area contributed by atoms with Gasteiger partial charge in [-0.05, 0) is 74.4 Å². The van der Waals surface area contributed by atoms with Gasteiger partial charge >= 0.3 is 0 Å². The monoisotopic (exact) mass is 464 g/mol. The molecule has 158 valence electrons. The molecule has 0 saturated carbocycles. The van der Waals surface area contributed by atoms with Gasteiger partial charge in [-0.2, -0.15) is 0 Å². The Morgan fingerprint density at radius 3 is 1.83 bits per heavy atom. The minimum Gasteiger partial charge on any atom is -0.279 e. The second-order valence-electron chi connectivity index (χ2n) is 6.96. The van der Waals surface area contributed by atoms with Gasteiger partial charge in [0.25, 0.3) is 20.0 Å². The van der Waals surface area contributed by atoms with Crippen molar-refractivity contribution in [1.29, 1.82) is 0 Å². The van der Waals surface area contributed by atoms with E-state index in [-0.39, 0.29) is 15.5 Å². The number of nitrogens with one attached hydrogen (secondary N) is 2. The minimum absolute atomic E-state index is 0.0213. The van der Waals surface area contributed by atoms with Gasteiger partial charge in [-0.1, -0.05) is 35.4 Å². The molecule has 0 spiro atoms. The van der Waals surface area contributed by atoms with Gasteiger partial charge in [0.1, 0.15) is 0 Å². The Balaban J connectivity index is 1.93. The second-order valence-corrected chi connectivity index (χ2v) is 10.8. The van der Waals surface area contributed by atoms with E-state index in [9.17, 15) is 16.8 Å². The third kappa shape index (κ3) is 4.95. The summed E-state index contributed by atoms with van der Waals surface area (Å²) in [4.78, 5) is -0.0325. The van der Waals surface area contributed by atoms with E-state index in [1.807, 2.05) is 26.0 Å². The average molecular weight is 465 g/mol. The number of rotatable bonds is 6. The Hall–Kier alpha value is -2.55. The van der Waals surface area contributed by atoms with Crippen LogP contribution in [0.3, 0.4) is 0 Å². The summed E-state index contributed by atoms with van der Waals surface area (Å²) in [5.74, 6) is 0. The molecule has 0 aliphatic heterocycles.